The summed E-state index contributed by atoms with van der Waals surface area (Å²) < 4.78 is 0. The predicted octanol–water partition coefficient (Wildman–Crippen LogP) is 4.63. The van der Waals surface area contributed by atoms with Crippen LogP contribution in [0.25, 0.3) is 11.3 Å². The van der Waals surface area contributed by atoms with Crippen molar-refractivity contribution in [1.82, 2.24) is 15.0 Å². The summed E-state index contributed by atoms with van der Waals surface area (Å²) in [5.41, 5.74) is 2.32. The molecule has 7 heteroatoms. The van der Waals surface area contributed by atoms with Gasteiger partial charge in [-0.05, 0) is 30.3 Å². The van der Waals surface area contributed by atoms with Crippen molar-refractivity contribution < 1.29 is 0 Å². The summed E-state index contributed by atoms with van der Waals surface area (Å²) >= 11 is 12.2. The Bertz CT molecular complexity index is 824. The van der Waals surface area contributed by atoms with Crippen LogP contribution in [0.3, 0.4) is 0 Å². The summed E-state index contributed by atoms with van der Waals surface area (Å²) in [5, 5.41) is 7.27. The number of pyridine rings is 1. The van der Waals surface area contributed by atoms with E-state index in [-0.39, 0.29) is 0 Å². The molecule has 3 aromatic rings. The Morgan fingerprint density at radius 1 is 1.04 bits per heavy atom. The summed E-state index contributed by atoms with van der Waals surface area (Å²) in [6.45, 7) is 0. The Hall–Kier alpha value is -2.37. The van der Waals surface area contributed by atoms with Gasteiger partial charge >= 0.3 is 0 Å². The lowest BCUT2D eigenvalue weighted by atomic mass is 10.2. The van der Waals surface area contributed by atoms with Gasteiger partial charge in [0.25, 0.3) is 0 Å². The first-order valence-corrected chi connectivity index (χ1v) is 7.60. The van der Waals surface area contributed by atoms with E-state index in [1.165, 1.54) is 0 Å². The van der Waals surface area contributed by atoms with Crippen molar-refractivity contribution in [2.75, 3.05) is 17.7 Å². The van der Waals surface area contributed by atoms with Crippen LogP contribution in [-0.2, 0) is 0 Å². The third kappa shape index (κ3) is 3.70. The van der Waals surface area contributed by atoms with Gasteiger partial charge in [0.15, 0.2) is 0 Å². The second kappa shape index (κ2) is 6.81. The molecule has 0 saturated carbocycles. The SMILES string of the molecule is CNc1nc(Nc2cc(Cl)ccc2Cl)cc(-c2cccnc2)n1. The number of hydrogen-bond donors (Lipinski definition) is 2. The highest BCUT2D eigenvalue weighted by Gasteiger charge is 2.08. The van der Waals surface area contributed by atoms with Gasteiger partial charge in [-0.3, -0.25) is 4.98 Å². The number of nitrogens with zero attached hydrogens (tertiary/aromatic N) is 3. The Labute approximate surface area is 143 Å². The Balaban J connectivity index is 2.00. The second-order valence-corrected chi connectivity index (χ2v) is 5.55. The first-order valence-electron chi connectivity index (χ1n) is 6.85. The summed E-state index contributed by atoms with van der Waals surface area (Å²) in [5.74, 6) is 1.10. The molecule has 2 N–H and O–H groups in total. The highest BCUT2D eigenvalue weighted by atomic mass is 35.5. The number of anilines is 3. The number of rotatable bonds is 4. The van der Waals surface area contributed by atoms with Gasteiger partial charge in [0.1, 0.15) is 5.82 Å². The molecule has 0 aliphatic rings. The van der Waals surface area contributed by atoms with Gasteiger partial charge in [-0.2, -0.15) is 4.98 Å². The quantitative estimate of drug-likeness (QED) is 0.721. The zero-order chi connectivity index (χ0) is 16.2. The van der Waals surface area contributed by atoms with Crippen LogP contribution in [0.15, 0.2) is 48.8 Å². The van der Waals surface area contributed by atoms with Crippen LogP contribution in [0.4, 0.5) is 17.5 Å². The Morgan fingerprint density at radius 2 is 1.91 bits per heavy atom. The van der Waals surface area contributed by atoms with Crippen molar-refractivity contribution in [2.24, 2.45) is 0 Å². The molecule has 0 amide bonds. The zero-order valence-electron chi connectivity index (χ0n) is 12.2. The predicted molar refractivity (Wildman–Crippen MR) is 94.6 cm³/mol. The molecule has 23 heavy (non-hydrogen) atoms. The normalized spacial score (nSPS) is 10.4. The average molecular weight is 346 g/mol. The second-order valence-electron chi connectivity index (χ2n) is 4.70. The summed E-state index contributed by atoms with van der Waals surface area (Å²) in [4.78, 5) is 12.9. The molecular formula is C16H13Cl2N5. The molecule has 0 atom stereocenters. The number of nitrogens with one attached hydrogen (secondary N) is 2. The largest absolute Gasteiger partial charge is 0.357 e. The maximum Gasteiger partial charge on any atom is 0.224 e. The lowest BCUT2D eigenvalue weighted by Crippen LogP contribution is -2.02. The number of aromatic nitrogens is 3. The van der Waals surface area contributed by atoms with E-state index in [9.17, 15) is 0 Å². The Kier molecular flexibility index (Phi) is 4.60. The van der Waals surface area contributed by atoms with E-state index < -0.39 is 0 Å². The minimum atomic E-state index is 0.493. The minimum Gasteiger partial charge on any atom is -0.357 e. The van der Waals surface area contributed by atoms with Crippen LogP contribution < -0.4 is 10.6 Å². The summed E-state index contributed by atoms with van der Waals surface area (Å²) in [6.07, 6.45) is 3.46. The molecule has 1 aromatic carbocycles. The van der Waals surface area contributed by atoms with Crippen LogP contribution >= 0.6 is 23.2 Å². The zero-order valence-corrected chi connectivity index (χ0v) is 13.7. The molecule has 0 aliphatic heterocycles. The smallest absolute Gasteiger partial charge is 0.224 e. The van der Waals surface area contributed by atoms with Crippen LogP contribution in [0, 0.1) is 0 Å². The van der Waals surface area contributed by atoms with E-state index in [1.54, 1.807) is 37.6 Å². The molecule has 0 unspecified atom stereocenters. The molecule has 0 saturated heterocycles. The molecule has 2 heterocycles. The minimum absolute atomic E-state index is 0.493. The van der Waals surface area contributed by atoms with E-state index in [0.717, 1.165) is 11.3 Å². The number of hydrogen-bond acceptors (Lipinski definition) is 5. The first-order chi connectivity index (χ1) is 11.2. The van der Waals surface area contributed by atoms with E-state index in [2.05, 4.69) is 25.6 Å². The van der Waals surface area contributed by atoms with Crippen LogP contribution in [0.2, 0.25) is 10.0 Å². The molecule has 116 valence electrons. The fourth-order valence-corrected chi connectivity index (χ4v) is 2.35. The molecule has 0 radical (unpaired) electrons. The average Bonchev–Trinajstić information content (AvgIpc) is 2.58. The molecule has 0 bridgehead atoms. The molecule has 0 fully saturated rings. The highest BCUT2D eigenvalue weighted by Crippen LogP contribution is 2.29. The van der Waals surface area contributed by atoms with Crippen LogP contribution in [0.5, 0.6) is 0 Å². The van der Waals surface area contributed by atoms with Gasteiger partial charge in [-0.1, -0.05) is 23.2 Å². The molecule has 2 aromatic heterocycles. The lowest BCUT2D eigenvalue weighted by Gasteiger charge is -2.11. The first kappa shape index (κ1) is 15.5. The number of benzene rings is 1. The summed E-state index contributed by atoms with van der Waals surface area (Å²) in [6, 6.07) is 10.8. The van der Waals surface area contributed by atoms with Gasteiger partial charge in [-0.15, -0.1) is 0 Å². The third-order valence-electron chi connectivity index (χ3n) is 3.10. The Morgan fingerprint density at radius 3 is 2.65 bits per heavy atom. The van der Waals surface area contributed by atoms with Crippen molar-refractivity contribution in [2.45, 2.75) is 0 Å². The van der Waals surface area contributed by atoms with Gasteiger partial charge in [0.2, 0.25) is 5.95 Å². The van der Waals surface area contributed by atoms with E-state index in [4.69, 9.17) is 23.2 Å². The number of halogens is 2. The van der Waals surface area contributed by atoms with Crippen molar-refractivity contribution in [3.05, 3.63) is 58.8 Å². The standard InChI is InChI=1S/C16H13Cl2N5/c1-19-16-22-13(10-3-2-6-20-9-10)8-15(23-16)21-14-7-11(17)4-5-12(14)18/h2-9H,1H3,(H2,19,21,22,23). The van der Waals surface area contributed by atoms with E-state index in [0.29, 0.717) is 27.5 Å². The lowest BCUT2D eigenvalue weighted by molar-refractivity contribution is 1.15. The molecule has 0 aliphatic carbocycles. The fraction of sp³-hybridized carbons (Fsp3) is 0.0625. The summed E-state index contributed by atoms with van der Waals surface area (Å²) in [7, 11) is 1.76. The van der Waals surface area contributed by atoms with Gasteiger partial charge < -0.3 is 10.6 Å². The van der Waals surface area contributed by atoms with Crippen LogP contribution in [-0.4, -0.2) is 22.0 Å². The van der Waals surface area contributed by atoms with Crippen molar-refractivity contribution in [1.29, 1.82) is 0 Å². The monoisotopic (exact) mass is 345 g/mol. The molecule has 0 spiro atoms. The van der Waals surface area contributed by atoms with Gasteiger partial charge in [-0.25, -0.2) is 4.98 Å². The maximum atomic E-state index is 6.19. The molecule has 5 nitrogen and oxygen atoms in total. The van der Waals surface area contributed by atoms with Crippen molar-refractivity contribution in [3.8, 4) is 11.3 Å². The van der Waals surface area contributed by atoms with E-state index in [1.807, 2.05) is 18.2 Å². The van der Waals surface area contributed by atoms with Crippen molar-refractivity contribution >= 4 is 40.7 Å². The fourth-order valence-electron chi connectivity index (χ4n) is 2.02. The van der Waals surface area contributed by atoms with Crippen molar-refractivity contribution in [3.63, 3.8) is 0 Å². The molecular weight excluding hydrogens is 333 g/mol. The van der Waals surface area contributed by atoms with Gasteiger partial charge in [0.05, 0.1) is 16.4 Å². The highest BCUT2D eigenvalue weighted by molar-refractivity contribution is 6.35. The van der Waals surface area contributed by atoms with Gasteiger partial charge in [0, 0.05) is 36.1 Å². The topological polar surface area (TPSA) is 62.7 Å². The van der Waals surface area contributed by atoms with E-state index >= 15 is 0 Å². The molecule has 3 rings (SSSR count). The third-order valence-corrected chi connectivity index (χ3v) is 3.66. The maximum absolute atomic E-state index is 6.19. The van der Waals surface area contributed by atoms with Crippen LogP contribution in [0.1, 0.15) is 0 Å².